The van der Waals surface area contributed by atoms with E-state index in [9.17, 15) is 4.79 Å². The van der Waals surface area contributed by atoms with E-state index in [0.717, 1.165) is 36.5 Å². The minimum Gasteiger partial charge on any atom is -0.354 e. The number of imidazole rings is 1. The summed E-state index contributed by atoms with van der Waals surface area (Å²) < 4.78 is 2.01. The largest absolute Gasteiger partial charge is 0.354 e. The zero-order valence-electron chi connectivity index (χ0n) is 10.0. The number of rotatable bonds is 2. The van der Waals surface area contributed by atoms with E-state index in [1.165, 1.54) is 0 Å². The van der Waals surface area contributed by atoms with Crippen molar-refractivity contribution in [2.24, 2.45) is 0 Å². The van der Waals surface area contributed by atoms with Gasteiger partial charge in [-0.2, -0.15) is 0 Å². The third kappa shape index (κ3) is 2.06. The molecule has 2 aromatic heterocycles. The van der Waals surface area contributed by atoms with Gasteiger partial charge in [0.15, 0.2) is 5.82 Å². The quantitative estimate of drug-likeness (QED) is 0.902. The van der Waals surface area contributed by atoms with Crippen LogP contribution in [-0.2, 0) is 4.79 Å². The van der Waals surface area contributed by atoms with Crippen molar-refractivity contribution in [1.82, 2.24) is 14.9 Å². The predicted molar refractivity (Wildman–Crippen MR) is 71.4 cm³/mol. The molecule has 0 radical (unpaired) electrons. The summed E-state index contributed by atoms with van der Waals surface area (Å²) >= 11 is 1.65. The normalized spacial score (nSPS) is 20.4. The summed E-state index contributed by atoms with van der Waals surface area (Å²) in [4.78, 5) is 17.6. The summed E-state index contributed by atoms with van der Waals surface area (Å²) in [6.07, 6.45) is 6.70. The van der Waals surface area contributed by atoms with Crippen molar-refractivity contribution in [3.8, 4) is 10.7 Å². The average Bonchev–Trinajstić information content (AvgIpc) is 3.00. The lowest BCUT2D eigenvalue weighted by Crippen LogP contribution is -2.30. The Morgan fingerprint density at radius 3 is 3.22 bits per heavy atom. The molecule has 2 aromatic rings. The second-order valence-corrected chi connectivity index (χ2v) is 5.39. The molecular formula is C13H15N3OS. The van der Waals surface area contributed by atoms with Crippen molar-refractivity contribution in [1.29, 1.82) is 0 Å². The van der Waals surface area contributed by atoms with Crippen molar-refractivity contribution >= 4 is 17.2 Å². The number of amides is 1. The first-order valence-corrected chi connectivity index (χ1v) is 7.08. The van der Waals surface area contributed by atoms with E-state index in [-0.39, 0.29) is 11.9 Å². The van der Waals surface area contributed by atoms with E-state index in [2.05, 4.69) is 10.3 Å². The Labute approximate surface area is 110 Å². The topological polar surface area (TPSA) is 46.9 Å². The molecule has 4 nitrogen and oxygen atoms in total. The summed E-state index contributed by atoms with van der Waals surface area (Å²) in [5.41, 5.74) is 0. The zero-order chi connectivity index (χ0) is 12.4. The van der Waals surface area contributed by atoms with Crippen LogP contribution >= 0.6 is 11.3 Å². The van der Waals surface area contributed by atoms with Crippen LogP contribution in [0.5, 0.6) is 0 Å². The molecule has 0 bridgehead atoms. The Kier molecular flexibility index (Phi) is 3.15. The van der Waals surface area contributed by atoms with Crippen LogP contribution in [0.4, 0.5) is 0 Å². The van der Waals surface area contributed by atoms with Gasteiger partial charge in [-0.25, -0.2) is 4.98 Å². The highest BCUT2D eigenvalue weighted by Gasteiger charge is 2.24. The highest BCUT2D eigenvalue weighted by molar-refractivity contribution is 7.13. The van der Waals surface area contributed by atoms with E-state index in [0.29, 0.717) is 0 Å². The van der Waals surface area contributed by atoms with Crippen molar-refractivity contribution in [2.75, 3.05) is 6.54 Å². The summed E-state index contributed by atoms with van der Waals surface area (Å²) in [5.74, 6) is 1.01. The van der Waals surface area contributed by atoms with Crippen molar-refractivity contribution in [3.05, 3.63) is 29.9 Å². The molecule has 0 spiro atoms. The number of thiophene rings is 1. The first-order valence-electron chi connectivity index (χ1n) is 6.20. The Balaban J connectivity index is 1.96. The molecule has 1 saturated heterocycles. The van der Waals surface area contributed by atoms with Gasteiger partial charge in [0, 0.05) is 18.9 Å². The number of hydrogen-bond donors (Lipinski definition) is 1. The fraction of sp³-hybridized carbons (Fsp3) is 0.385. The molecule has 5 heteroatoms. The third-order valence-electron chi connectivity index (χ3n) is 3.25. The van der Waals surface area contributed by atoms with Crippen LogP contribution in [0.1, 0.15) is 25.3 Å². The average molecular weight is 261 g/mol. The molecule has 3 heterocycles. The zero-order valence-corrected chi connectivity index (χ0v) is 10.8. The first kappa shape index (κ1) is 11.5. The van der Waals surface area contributed by atoms with Crippen molar-refractivity contribution < 1.29 is 4.79 Å². The molecule has 0 saturated carbocycles. The van der Waals surface area contributed by atoms with Crippen LogP contribution in [-0.4, -0.2) is 22.0 Å². The Hall–Kier alpha value is -1.62. The molecule has 94 valence electrons. The van der Waals surface area contributed by atoms with E-state index >= 15 is 0 Å². The van der Waals surface area contributed by atoms with Gasteiger partial charge in [-0.1, -0.05) is 6.07 Å². The lowest BCUT2D eigenvalue weighted by molar-refractivity contribution is -0.124. The number of carbonyl (C=O) groups is 1. The minimum absolute atomic E-state index is 0.114. The first-order chi connectivity index (χ1) is 8.86. The summed E-state index contributed by atoms with van der Waals surface area (Å²) in [6, 6.07) is 3.93. The molecule has 1 fully saturated rings. The second-order valence-electron chi connectivity index (χ2n) is 4.44. The number of aromatic nitrogens is 2. The maximum Gasteiger partial charge on any atom is 0.243 e. The minimum atomic E-state index is -0.118. The predicted octanol–water partition coefficient (Wildman–Crippen LogP) is 2.45. The van der Waals surface area contributed by atoms with Gasteiger partial charge in [-0.3, -0.25) is 4.79 Å². The fourth-order valence-corrected chi connectivity index (χ4v) is 3.07. The molecule has 0 aliphatic carbocycles. The van der Waals surface area contributed by atoms with Gasteiger partial charge >= 0.3 is 0 Å². The molecule has 1 atom stereocenters. The molecule has 0 aromatic carbocycles. The second kappa shape index (κ2) is 4.94. The monoisotopic (exact) mass is 261 g/mol. The molecule has 1 amide bonds. The van der Waals surface area contributed by atoms with Gasteiger partial charge < -0.3 is 9.88 Å². The van der Waals surface area contributed by atoms with Gasteiger partial charge in [0.05, 0.1) is 4.88 Å². The van der Waals surface area contributed by atoms with E-state index in [4.69, 9.17) is 0 Å². The van der Waals surface area contributed by atoms with Crippen LogP contribution in [0, 0.1) is 0 Å². The van der Waals surface area contributed by atoms with Crippen LogP contribution < -0.4 is 5.32 Å². The van der Waals surface area contributed by atoms with Gasteiger partial charge in [0.2, 0.25) is 5.91 Å². The van der Waals surface area contributed by atoms with E-state index in [1.54, 1.807) is 17.5 Å². The molecular weight excluding hydrogens is 246 g/mol. The number of carbonyl (C=O) groups excluding carboxylic acids is 1. The fourth-order valence-electron chi connectivity index (χ4n) is 2.35. The summed E-state index contributed by atoms with van der Waals surface area (Å²) in [6.45, 7) is 0.790. The van der Waals surface area contributed by atoms with Crippen LogP contribution in [0.2, 0.25) is 0 Å². The maximum atomic E-state index is 12.1. The summed E-state index contributed by atoms with van der Waals surface area (Å²) in [7, 11) is 0. The highest BCUT2D eigenvalue weighted by atomic mass is 32.1. The van der Waals surface area contributed by atoms with E-state index in [1.807, 2.05) is 28.3 Å². The number of nitrogens with zero attached hydrogens (tertiary/aromatic N) is 2. The molecule has 1 unspecified atom stereocenters. The smallest absolute Gasteiger partial charge is 0.243 e. The van der Waals surface area contributed by atoms with Crippen LogP contribution in [0.15, 0.2) is 29.9 Å². The highest BCUT2D eigenvalue weighted by Crippen LogP contribution is 2.28. The third-order valence-corrected chi connectivity index (χ3v) is 4.12. The lowest BCUT2D eigenvalue weighted by Gasteiger charge is -2.17. The van der Waals surface area contributed by atoms with Gasteiger partial charge in [0.25, 0.3) is 0 Å². The Morgan fingerprint density at radius 1 is 1.44 bits per heavy atom. The Morgan fingerprint density at radius 2 is 2.39 bits per heavy atom. The molecule has 3 rings (SSSR count). The van der Waals surface area contributed by atoms with Gasteiger partial charge in [-0.05, 0) is 30.7 Å². The Bertz CT molecular complexity index is 532. The van der Waals surface area contributed by atoms with Gasteiger partial charge in [0.1, 0.15) is 6.04 Å². The SMILES string of the molecule is O=C1NCCCCC1n1ccnc1-c1cccs1. The standard InChI is InChI=1S/C13H15N3OS/c17-13-10(4-1-2-6-15-13)16-8-7-14-12(16)11-5-3-9-18-11/h3,5,7-10H,1-2,4,6H2,(H,15,17). The molecule has 1 aliphatic heterocycles. The molecule has 1 N–H and O–H groups in total. The van der Waals surface area contributed by atoms with Crippen LogP contribution in [0.3, 0.4) is 0 Å². The number of hydrogen-bond acceptors (Lipinski definition) is 3. The van der Waals surface area contributed by atoms with Crippen molar-refractivity contribution in [3.63, 3.8) is 0 Å². The maximum absolute atomic E-state index is 12.1. The molecule has 1 aliphatic rings. The summed E-state index contributed by atoms with van der Waals surface area (Å²) in [5, 5.41) is 5.00. The molecule has 18 heavy (non-hydrogen) atoms. The van der Waals surface area contributed by atoms with Gasteiger partial charge in [-0.15, -0.1) is 11.3 Å². The van der Waals surface area contributed by atoms with Crippen LogP contribution in [0.25, 0.3) is 10.7 Å². The number of nitrogens with one attached hydrogen (secondary N) is 1. The lowest BCUT2D eigenvalue weighted by atomic mass is 10.1. The van der Waals surface area contributed by atoms with E-state index < -0.39 is 0 Å². The van der Waals surface area contributed by atoms with Crippen molar-refractivity contribution in [2.45, 2.75) is 25.3 Å².